The summed E-state index contributed by atoms with van der Waals surface area (Å²) < 4.78 is 5.10. The molecule has 25 heavy (non-hydrogen) atoms. The van der Waals surface area contributed by atoms with Crippen molar-refractivity contribution in [2.45, 2.75) is 26.3 Å². The van der Waals surface area contributed by atoms with Crippen molar-refractivity contribution < 1.29 is 14.3 Å². The summed E-state index contributed by atoms with van der Waals surface area (Å²) in [6.45, 7) is 2.94. The largest absolute Gasteiger partial charge is 0.497 e. The van der Waals surface area contributed by atoms with Crippen molar-refractivity contribution >= 4 is 11.8 Å². The lowest BCUT2D eigenvalue weighted by Gasteiger charge is -2.07. The topological polar surface area (TPSA) is 67.4 Å². The zero-order valence-corrected chi connectivity index (χ0v) is 14.7. The van der Waals surface area contributed by atoms with Crippen LogP contribution in [0.1, 0.15) is 23.1 Å². The van der Waals surface area contributed by atoms with Crippen LogP contribution in [0.2, 0.25) is 0 Å². The molecular weight excluding hydrogens is 316 g/mol. The van der Waals surface area contributed by atoms with Gasteiger partial charge in [0.1, 0.15) is 12.2 Å². The van der Waals surface area contributed by atoms with Crippen LogP contribution in [0.5, 0.6) is 5.75 Å². The van der Waals surface area contributed by atoms with Crippen molar-refractivity contribution in [3.8, 4) is 5.75 Å². The molecule has 132 valence electrons. The van der Waals surface area contributed by atoms with E-state index in [4.69, 9.17) is 4.74 Å². The van der Waals surface area contributed by atoms with Crippen LogP contribution in [0, 0.1) is 6.92 Å². The fourth-order valence-electron chi connectivity index (χ4n) is 2.32. The lowest BCUT2D eigenvalue weighted by molar-refractivity contribution is -0.129. The van der Waals surface area contributed by atoms with Gasteiger partial charge >= 0.3 is 0 Å². The van der Waals surface area contributed by atoms with E-state index < -0.39 is 0 Å². The average molecular weight is 340 g/mol. The van der Waals surface area contributed by atoms with E-state index in [-0.39, 0.29) is 18.2 Å². The highest BCUT2D eigenvalue weighted by atomic mass is 16.5. The molecule has 0 unspecified atom stereocenters. The van der Waals surface area contributed by atoms with Gasteiger partial charge in [-0.25, -0.2) is 0 Å². The van der Waals surface area contributed by atoms with Gasteiger partial charge in [-0.15, -0.1) is 0 Å². The number of aryl methyl sites for hydroxylation is 1. The molecule has 0 aliphatic carbocycles. The summed E-state index contributed by atoms with van der Waals surface area (Å²) in [4.78, 5) is 23.6. The number of carbonyl (C=O) groups excluding carboxylic acids is 2. The van der Waals surface area contributed by atoms with Crippen LogP contribution in [0.3, 0.4) is 0 Å². The molecule has 5 nitrogen and oxygen atoms in total. The van der Waals surface area contributed by atoms with E-state index in [1.807, 2.05) is 55.5 Å². The second-order valence-corrected chi connectivity index (χ2v) is 5.89. The maximum atomic E-state index is 11.8. The predicted molar refractivity (Wildman–Crippen MR) is 97.4 cm³/mol. The van der Waals surface area contributed by atoms with Crippen LogP contribution in [0.15, 0.2) is 48.5 Å². The third kappa shape index (κ3) is 6.67. The molecule has 5 heteroatoms. The predicted octanol–water partition coefficient (Wildman–Crippen LogP) is 2.37. The molecule has 0 saturated heterocycles. The van der Waals surface area contributed by atoms with Crippen LogP contribution < -0.4 is 15.4 Å². The molecule has 0 bridgehead atoms. The van der Waals surface area contributed by atoms with E-state index in [0.29, 0.717) is 19.5 Å². The van der Waals surface area contributed by atoms with Crippen molar-refractivity contribution in [2.75, 3.05) is 13.7 Å². The minimum absolute atomic E-state index is 0.158. The molecule has 0 atom stereocenters. The smallest absolute Gasteiger partial charge is 0.229 e. The Kier molecular flexibility index (Phi) is 7.01. The highest BCUT2D eigenvalue weighted by Crippen LogP contribution is 2.11. The molecule has 0 heterocycles. The number of hydrogen-bond acceptors (Lipinski definition) is 3. The number of hydrogen-bond donors (Lipinski definition) is 2. The van der Waals surface area contributed by atoms with E-state index in [0.717, 1.165) is 16.9 Å². The van der Waals surface area contributed by atoms with Gasteiger partial charge in [0.25, 0.3) is 0 Å². The molecule has 2 aromatic rings. The van der Waals surface area contributed by atoms with Crippen LogP contribution in [-0.2, 0) is 22.6 Å². The van der Waals surface area contributed by atoms with E-state index in [1.165, 1.54) is 5.56 Å². The van der Waals surface area contributed by atoms with Crippen LogP contribution in [0.25, 0.3) is 0 Å². The number of rotatable bonds is 8. The first kappa shape index (κ1) is 18.5. The molecule has 0 aliphatic rings. The van der Waals surface area contributed by atoms with Crippen molar-refractivity contribution in [3.63, 3.8) is 0 Å². The summed E-state index contributed by atoms with van der Waals surface area (Å²) in [5, 5.41) is 5.52. The highest BCUT2D eigenvalue weighted by Gasteiger charge is 2.08. The van der Waals surface area contributed by atoms with E-state index in [2.05, 4.69) is 10.6 Å². The minimum Gasteiger partial charge on any atom is -0.497 e. The Labute approximate surface area is 148 Å². The zero-order valence-electron chi connectivity index (χ0n) is 14.7. The van der Waals surface area contributed by atoms with Gasteiger partial charge in [0.15, 0.2) is 0 Å². The molecular formula is C20H24N2O3. The van der Waals surface area contributed by atoms with E-state index >= 15 is 0 Å². The van der Waals surface area contributed by atoms with Gasteiger partial charge in [-0.2, -0.15) is 0 Å². The minimum atomic E-state index is -0.275. The first-order valence-corrected chi connectivity index (χ1v) is 8.28. The fourth-order valence-corrected chi connectivity index (χ4v) is 2.32. The quantitative estimate of drug-likeness (QED) is 0.725. The molecule has 0 radical (unpaired) electrons. The third-order valence-electron chi connectivity index (χ3n) is 3.83. The number of ether oxygens (including phenoxy) is 1. The van der Waals surface area contributed by atoms with Crippen LogP contribution >= 0.6 is 0 Å². The number of nitrogens with one attached hydrogen (secondary N) is 2. The average Bonchev–Trinajstić information content (AvgIpc) is 2.62. The lowest BCUT2D eigenvalue weighted by Crippen LogP contribution is -2.32. The standard InChI is InChI=1S/C20H24N2O3/c1-15-3-5-17(6-4-15)14-22-20(24)13-19(23)21-12-11-16-7-9-18(25-2)10-8-16/h3-10H,11-14H2,1-2H3,(H,21,23)(H,22,24). The fraction of sp³-hybridized carbons (Fsp3) is 0.300. The molecule has 2 aromatic carbocycles. The van der Waals surface area contributed by atoms with E-state index in [1.54, 1.807) is 7.11 Å². The van der Waals surface area contributed by atoms with Crippen LogP contribution in [-0.4, -0.2) is 25.5 Å². The van der Waals surface area contributed by atoms with Crippen molar-refractivity contribution in [3.05, 3.63) is 65.2 Å². The van der Waals surface area contributed by atoms with Gasteiger partial charge in [-0.1, -0.05) is 42.0 Å². The summed E-state index contributed by atoms with van der Waals surface area (Å²) in [7, 11) is 1.62. The van der Waals surface area contributed by atoms with Gasteiger partial charge in [0.2, 0.25) is 11.8 Å². The Morgan fingerprint density at radius 3 is 2.12 bits per heavy atom. The Morgan fingerprint density at radius 1 is 0.880 bits per heavy atom. The molecule has 2 rings (SSSR count). The van der Waals surface area contributed by atoms with Crippen LogP contribution in [0.4, 0.5) is 0 Å². The summed E-state index contributed by atoms with van der Waals surface area (Å²) >= 11 is 0. The lowest BCUT2D eigenvalue weighted by atomic mass is 10.1. The monoisotopic (exact) mass is 340 g/mol. The molecule has 0 aromatic heterocycles. The number of methoxy groups -OCH3 is 1. The van der Waals surface area contributed by atoms with Gasteiger partial charge < -0.3 is 15.4 Å². The van der Waals surface area contributed by atoms with Gasteiger partial charge in [0.05, 0.1) is 7.11 Å². The first-order valence-electron chi connectivity index (χ1n) is 8.28. The summed E-state index contributed by atoms with van der Waals surface area (Å²) in [5.74, 6) is 0.260. The normalized spacial score (nSPS) is 10.2. The SMILES string of the molecule is COc1ccc(CCNC(=O)CC(=O)NCc2ccc(C)cc2)cc1. The summed E-state index contributed by atoms with van der Waals surface area (Å²) in [6.07, 6.45) is 0.551. The molecule has 0 spiro atoms. The molecule has 0 fully saturated rings. The van der Waals surface area contributed by atoms with Gasteiger partial charge in [-0.05, 0) is 36.6 Å². The molecule has 2 N–H and O–H groups in total. The number of benzene rings is 2. The Morgan fingerprint density at radius 2 is 1.48 bits per heavy atom. The Bertz CT molecular complexity index is 694. The van der Waals surface area contributed by atoms with E-state index in [9.17, 15) is 9.59 Å². The molecule has 0 saturated carbocycles. The maximum Gasteiger partial charge on any atom is 0.229 e. The molecule has 0 aliphatic heterocycles. The first-order chi connectivity index (χ1) is 12.1. The Balaban J connectivity index is 1.65. The zero-order chi connectivity index (χ0) is 18.1. The van der Waals surface area contributed by atoms with Gasteiger partial charge in [-0.3, -0.25) is 9.59 Å². The summed E-state index contributed by atoms with van der Waals surface area (Å²) in [5.41, 5.74) is 3.29. The van der Waals surface area contributed by atoms with Crippen molar-refractivity contribution in [1.82, 2.24) is 10.6 Å². The second-order valence-electron chi connectivity index (χ2n) is 5.89. The number of carbonyl (C=O) groups is 2. The molecule has 2 amide bonds. The second kappa shape index (κ2) is 9.47. The van der Waals surface area contributed by atoms with Crippen molar-refractivity contribution in [1.29, 1.82) is 0 Å². The van der Waals surface area contributed by atoms with Crippen molar-refractivity contribution in [2.24, 2.45) is 0 Å². The highest BCUT2D eigenvalue weighted by molar-refractivity contribution is 5.96. The Hall–Kier alpha value is -2.82. The summed E-state index contributed by atoms with van der Waals surface area (Å²) in [6, 6.07) is 15.6. The van der Waals surface area contributed by atoms with Gasteiger partial charge in [0, 0.05) is 13.1 Å². The maximum absolute atomic E-state index is 11.8. The number of amides is 2. The third-order valence-corrected chi connectivity index (χ3v) is 3.83.